The van der Waals surface area contributed by atoms with E-state index in [-0.39, 0.29) is 0 Å². The molecule has 2 nitrogen and oxygen atoms in total. The summed E-state index contributed by atoms with van der Waals surface area (Å²) in [7, 11) is 0. The number of rotatable bonds is 7. The number of aromatic nitrogens is 1. The second-order valence-electron chi connectivity index (χ2n) is 17.0. The van der Waals surface area contributed by atoms with E-state index in [4.69, 9.17) is 4.98 Å². The number of benzene rings is 10. The van der Waals surface area contributed by atoms with Gasteiger partial charge in [0, 0.05) is 59.0 Å². The van der Waals surface area contributed by atoms with Gasteiger partial charge in [0.25, 0.3) is 0 Å². The molecule has 13 rings (SSSR count). The largest absolute Gasteiger partial charge is 0.310 e. The Morgan fingerprint density at radius 2 is 0.969 bits per heavy atom. The molecule has 2 aromatic heterocycles. The van der Waals surface area contributed by atoms with Crippen LogP contribution in [0.1, 0.15) is 22.3 Å². The van der Waals surface area contributed by atoms with Crippen molar-refractivity contribution < 1.29 is 0 Å². The minimum Gasteiger partial charge on any atom is -0.310 e. The van der Waals surface area contributed by atoms with Gasteiger partial charge in [-0.15, -0.1) is 11.3 Å². The molecule has 0 amide bonds. The maximum atomic E-state index is 5.39. The molecule has 1 aliphatic carbocycles. The van der Waals surface area contributed by atoms with E-state index in [1.54, 1.807) is 0 Å². The van der Waals surface area contributed by atoms with Crippen molar-refractivity contribution >= 4 is 70.2 Å². The highest BCUT2D eigenvalue weighted by molar-refractivity contribution is 7.26. The van der Waals surface area contributed by atoms with Crippen LogP contribution in [0.25, 0.3) is 75.4 Å². The van der Waals surface area contributed by atoms with E-state index in [1.165, 1.54) is 80.8 Å². The van der Waals surface area contributed by atoms with Gasteiger partial charge in [-0.25, -0.2) is 4.98 Å². The quantitative estimate of drug-likeness (QED) is 0.149. The van der Waals surface area contributed by atoms with Gasteiger partial charge < -0.3 is 4.90 Å². The fourth-order valence-corrected chi connectivity index (χ4v) is 11.9. The average molecular weight is 845 g/mol. The highest BCUT2D eigenvalue weighted by Crippen LogP contribution is 2.57. The van der Waals surface area contributed by atoms with Crippen LogP contribution >= 0.6 is 11.3 Å². The number of nitrogens with zero attached hydrogens (tertiary/aromatic N) is 2. The first kappa shape index (κ1) is 37.4. The molecule has 0 saturated heterocycles. The minimum absolute atomic E-state index is 0.519. The van der Waals surface area contributed by atoms with E-state index in [9.17, 15) is 0 Å². The Balaban J connectivity index is 1.02. The van der Waals surface area contributed by atoms with Gasteiger partial charge in [-0.1, -0.05) is 194 Å². The van der Waals surface area contributed by atoms with Crippen LogP contribution in [-0.4, -0.2) is 4.98 Å². The van der Waals surface area contributed by atoms with Crippen LogP contribution in [0.5, 0.6) is 0 Å². The topological polar surface area (TPSA) is 16.1 Å². The molecule has 2 heterocycles. The van der Waals surface area contributed by atoms with Crippen LogP contribution in [0.4, 0.5) is 17.1 Å². The Morgan fingerprint density at radius 1 is 0.369 bits per heavy atom. The summed E-state index contributed by atoms with van der Waals surface area (Å²) in [5, 5.41) is 6.22. The lowest BCUT2D eigenvalue weighted by molar-refractivity contribution is 0.768. The Hall–Kier alpha value is -8.11. The van der Waals surface area contributed by atoms with Crippen LogP contribution in [0, 0.1) is 0 Å². The lowest BCUT2D eigenvalue weighted by Crippen LogP contribution is -2.28. The molecule has 0 aliphatic heterocycles. The van der Waals surface area contributed by atoms with Gasteiger partial charge >= 0.3 is 0 Å². The van der Waals surface area contributed by atoms with Gasteiger partial charge in [-0.05, 0) is 93.0 Å². The summed E-state index contributed by atoms with van der Waals surface area (Å²) in [5.41, 5.74) is 15.7. The zero-order chi connectivity index (χ0) is 42.9. The minimum atomic E-state index is -0.519. The molecule has 0 N–H and O–H groups in total. The zero-order valence-electron chi connectivity index (χ0n) is 35.4. The normalized spacial score (nSPS) is 12.7. The fraction of sp³-hybridized carbons (Fsp3) is 0.0161. The van der Waals surface area contributed by atoms with E-state index in [0.29, 0.717) is 0 Å². The van der Waals surface area contributed by atoms with Gasteiger partial charge in [0.15, 0.2) is 0 Å². The maximum absolute atomic E-state index is 5.39. The molecule has 0 atom stereocenters. The first-order valence-electron chi connectivity index (χ1n) is 22.3. The summed E-state index contributed by atoms with van der Waals surface area (Å²) >= 11 is 1.88. The SMILES string of the molecule is c1ccc(-c2cccc(N(c3ccc(-c4nc5ccccc5c5c4ccc4c6ccccc6sc45)cc3)c3ccc4c(c3)C(c3ccccc3)(c3ccccc3)c3ccccc3-4)c2)cc1. The number of pyridine rings is 1. The van der Waals surface area contributed by atoms with Crippen LogP contribution in [0.2, 0.25) is 0 Å². The average Bonchev–Trinajstić information content (AvgIpc) is 3.91. The summed E-state index contributed by atoms with van der Waals surface area (Å²) in [6.45, 7) is 0. The third kappa shape index (κ3) is 5.83. The summed E-state index contributed by atoms with van der Waals surface area (Å²) in [4.78, 5) is 7.82. The molecule has 0 fully saturated rings. The predicted molar refractivity (Wildman–Crippen MR) is 275 cm³/mol. The van der Waals surface area contributed by atoms with Crippen molar-refractivity contribution in [3.05, 3.63) is 265 Å². The van der Waals surface area contributed by atoms with E-state index in [1.807, 2.05) is 11.3 Å². The molecule has 304 valence electrons. The predicted octanol–water partition coefficient (Wildman–Crippen LogP) is 16.9. The highest BCUT2D eigenvalue weighted by atomic mass is 32.1. The van der Waals surface area contributed by atoms with Crippen molar-refractivity contribution in [2.45, 2.75) is 5.41 Å². The van der Waals surface area contributed by atoms with Crippen LogP contribution in [0.3, 0.4) is 0 Å². The van der Waals surface area contributed by atoms with E-state index >= 15 is 0 Å². The van der Waals surface area contributed by atoms with E-state index in [0.717, 1.165) is 33.8 Å². The first-order valence-corrected chi connectivity index (χ1v) is 23.1. The standard InChI is InChI=1S/C62H40N2S/c1-4-17-41(18-5-1)43-19-16-24-47(39-43)64(48-35-36-50-49-25-10-13-28-55(49)62(56(50)40-48,44-20-6-2-7-21-44)45-22-8-3-9-23-45)46-33-31-42(32-34-46)60-54-38-37-52-51-26-12-15-30-58(51)65-61(52)59(54)53-27-11-14-29-57(53)63-60/h1-40H. The van der Waals surface area contributed by atoms with Crippen molar-refractivity contribution in [3.63, 3.8) is 0 Å². The number of anilines is 3. The zero-order valence-corrected chi connectivity index (χ0v) is 36.2. The molecule has 0 bridgehead atoms. The van der Waals surface area contributed by atoms with Crippen molar-refractivity contribution in [3.8, 4) is 33.5 Å². The lowest BCUT2D eigenvalue weighted by atomic mass is 9.67. The molecule has 0 radical (unpaired) electrons. The molecular formula is C62H40N2S. The van der Waals surface area contributed by atoms with E-state index < -0.39 is 5.41 Å². The monoisotopic (exact) mass is 844 g/mol. The van der Waals surface area contributed by atoms with Crippen molar-refractivity contribution in [2.24, 2.45) is 0 Å². The summed E-state index contributed by atoms with van der Waals surface area (Å²) in [6, 6.07) is 88.8. The van der Waals surface area contributed by atoms with Crippen molar-refractivity contribution in [1.29, 1.82) is 0 Å². The molecule has 0 unspecified atom stereocenters. The Kier molecular flexibility index (Phi) is 8.65. The van der Waals surface area contributed by atoms with Crippen LogP contribution < -0.4 is 4.90 Å². The lowest BCUT2D eigenvalue weighted by Gasteiger charge is -2.35. The molecular weight excluding hydrogens is 805 g/mol. The molecule has 65 heavy (non-hydrogen) atoms. The molecule has 1 aliphatic rings. The molecule has 0 spiro atoms. The molecule has 10 aromatic carbocycles. The third-order valence-electron chi connectivity index (χ3n) is 13.5. The first-order chi connectivity index (χ1) is 32.2. The van der Waals surface area contributed by atoms with Crippen LogP contribution in [0.15, 0.2) is 243 Å². The fourth-order valence-electron chi connectivity index (χ4n) is 10.7. The molecule has 0 saturated carbocycles. The van der Waals surface area contributed by atoms with Crippen LogP contribution in [-0.2, 0) is 5.41 Å². The van der Waals surface area contributed by atoms with Gasteiger partial charge in [0.1, 0.15) is 0 Å². The van der Waals surface area contributed by atoms with Gasteiger partial charge in [0.05, 0.1) is 16.6 Å². The Bertz CT molecular complexity index is 3720. The smallest absolute Gasteiger partial charge is 0.0788 e. The summed E-state index contributed by atoms with van der Waals surface area (Å²) in [6.07, 6.45) is 0. The maximum Gasteiger partial charge on any atom is 0.0788 e. The van der Waals surface area contributed by atoms with Gasteiger partial charge in [0.2, 0.25) is 0 Å². The summed E-state index contributed by atoms with van der Waals surface area (Å²) in [5.74, 6) is 0. The van der Waals surface area contributed by atoms with E-state index in [2.05, 4.69) is 248 Å². The van der Waals surface area contributed by atoms with Gasteiger partial charge in [-0.3, -0.25) is 0 Å². The third-order valence-corrected chi connectivity index (χ3v) is 14.7. The molecule has 3 heteroatoms. The molecule has 12 aromatic rings. The highest BCUT2D eigenvalue weighted by Gasteiger charge is 2.46. The number of hydrogen-bond acceptors (Lipinski definition) is 3. The number of para-hydroxylation sites is 1. The number of hydrogen-bond donors (Lipinski definition) is 0. The Morgan fingerprint density at radius 3 is 1.75 bits per heavy atom. The second-order valence-corrected chi connectivity index (χ2v) is 18.0. The summed E-state index contributed by atoms with van der Waals surface area (Å²) < 4.78 is 2.61. The van der Waals surface area contributed by atoms with Crippen molar-refractivity contribution in [1.82, 2.24) is 4.98 Å². The van der Waals surface area contributed by atoms with Crippen molar-refractivity contribution in [2.75, 3.05) is 4.90 Å². The Labute approximate surface area is 382 Å². The number of fused-ring (bicyclic) bond motifs is 10. The number of thiophene rings is 1. The second kappa shape index (κ2) is 15.0. The van der Waals surface area contributed by atoms with Gasteiger partial charge in [-0.2, -0.15) is 0 Å².